The lowest BCUT2D eigenvalue weighted by atomic mass is 10.2. The minimum Gasteiger partial charge on any atom is -0.491 e. The number of carbonyl (C=O) groups excluding carboxylic acids is 2. The van der Waals surface area contributed by atoms with E-state index in [1.807, 2.05) is 4.90 Å². The number of thioether (sulfide) groups is 1. The first-order valence-electron chi connectivity index (χ1n) is 8.19. The number of benzene rings is 1. The quantitative estimate of drug-likeness (QED) is 0.625. The number of primary amides is 1. The standard InChI is InChI=1S/C17H17Cl2N3O3S2/c18-10-5-11(19)7-13(6-10)25-8-12-1-2-15(23)22(12)3-4-26-17-21-14(9-27-17)16(20)24/h5-7,9,12H,1-4,8H2,(H2,20,24). The molecule has 144 valence electrons. The van der Waals surface area contributed by atoms with Crippen LogP contribution in [-0.4, -0.2) is 46.6 Å². The number of nitrogens with zero attached hydrogens (tertiary/aromatic N) is 2. The summed E-state index contributed by atoms with van der Waals surface area (Å²) >= 11 is 14.8. The summed E-state index contributed by atoms with van der Waals surface area (Å²) in [5.74, 6) is 0.844. The fourth-order valence-corrected chi connectivity index (χ4v) is 5.08. The van der Waals surface area contributed by atoms with E-state index in [1.165, 1.54) is 23.1 Å². The first-order chi connectivity index (χ1) is 12.9. The van der Waals surface area contributed by atoms with Gasteiger partial charge in [0.05, 0.1) is 6.04 Å². The highest BCUT2D eigenvalue weighted by Crippen LogP contribution is 2.27. The highest BCUT2D eigenvalue weighted by atomic mass is 35.5. The number of hydrogen-bond donors (Lipinski definition) is 1. The Morgan fingerprint density at radius 1 is 1.37 bits per heavy atom. The molecule has 1 fully saturated rings. The van der Waals surface area contributed by atoms with Crippen molar-refractivity contribution in [2.75, 3.05) is 18.9 Å². The number of likely N-dealkylation sites (tertiary alicyclic amines) is 1. The molecule has 1 aromatic carbocycles. The van der Waals surface area contributed by atoms with E-state index >= 15 is 0 Å². The van der Waals surface area contributed by atoms with Crippen molar-refractivity contribution < 1.29 is 14.3 Å². The Hall–Kier alpha value is -1.48. The largest absolute Gasteiger partial charge is 0.491 e. The molecule has 1 aliphatic heterocycles. The number of halogens is 2. The molecule has 2 N–H and O–H groups in total. The Morgan fingerprint density at radius 3 is 2.78 bits per heavy atom. The molecule has 0 spiro atoms. The lowest BCUT2D eigenvalue weighted by molar-refractivity contribution is -0.129. The van der Waals surface area contributed by atoms with Crippen molar-refractivity contribution in [3.8, 4) is 5.75 Å². The second-order valence-corrected chi connectivity index (χ2v) is 8.98. The average molecular weight is 446 g/mol. The van der Waals surface area contributed by atoms with Crippen LogP contribution in [0.25, 0.3) is 0 Å². The van der Waals surface area contributed by atoms with E-state index in [1.54, 1.807) is 23.6 Å². The van der Waals surface area contributed by atoms with Gasteiger partial charge in [-0.15, -0.1) is 11.3 Å². The van der Waals surface area contributed by atoms with Crippen LogP contribution in [-0.2, 0) is 4.79 Å². The van der Waals surface area contributed by atoms with Crippen molar-refractivity contribution in [3.05, 3.63) is 39.3 Å². The van der Waals surface area contributed by atoms with Gasteiger partial charge in [0.25, 0.3) is 5.91 Å². The van der Waals surface area contributed by atoms with E-state index in [0.717, 1.165) is 10.8 Å². The van der Waals surface area contributed by atoms with Crippen LogP contribution in [0.15, 0.2) is 27.9 Å². The zero-order valence-electron chi connectivity index (χ0n) is 14.2. The van der Waals surface area contributed by atoms with Gasteiger partial charge in [-0.2, -0.15) is 0 Å². The predicted octanol–water partition coefficient (Wildman–Crippen LogP) is 3.71. The van der Waals surface area contributed by atoms with Gasteiger partial charge in [-0.3, -0.25) is 9.59 Å². The van der Waals surface area contributed by atoms with E-state index in [4.69, 9.17) is 33.7 Å². The lowest BCUT2D eigenvalue weighted by Crippen LogP contribution is -2.38. The number of rotatable bonds is 8. The predicted molar refractivity (Wildman–Crippen MR) is 108 cm³/mol. The number of thiazole rings is 1. The molecule has 0 bridgehead atoms. The van der Waals surface area contributed by atoms with Gasteiger partial charge in [-0.1, -0.05) is 35.0 Å². The van der Waals surface area contributed by atoms with Gasteiger partial charge in [0.1, 0.15) is 18.1 Å². The molecule has 0 saturated carbocycles. The molecule has 2 aromatic rings. The molecule has 1 aromatic heterocycles. The molecule has 0 radical (unpaired) electrons. The van der Waals surface area contributed by atoms with Gasteiger partial charge in [-0.05, 0) is 24.6 Å². The van der Waals surface area contributed by atoms with Gasteiger partial charge >= 0.3 is 0 Å². The number of ether oxygens (including phenoxy) is 1. The van der Waals surface area contributed by atoms with Gasteiger partial charge < -0.3 is 15.4 Å². The molecule has 1 unspecified atom stereocenters. The maximum Gasteiger partial charge on any atom is 0.268 e. The summed E-state index contributed by atoms with van der Waals surface area (Å²) in [4.78, 5) is 29.3. The van der Waals surface area contributed by atoms with Crippen LogP contribution in [0.2, 0.25) is 10.0 Å². The number of carbonyl (C=O) groups is 2. The molecule has 3 rings (SSSR count). The Bertz CT molecular complexity index is 826. The molecule has 10 heteroatoms. The molecule has 0 aliphatic carbocycles. The van der Waals surface area contributed by atoms with Crippen molar-refractivity contribution in [2.24, 2.45) is 5.73 Å². The first-order valence-corrected chi connectivity index (χ1v) is 10.8. The average Bonchev–Trinajstić information content (AvgIpc) is 3.20. The summed E-state index contributed by atoms with van der Waals surface area (Å²) in [6.07, 6.45) is 1.26. The van der Waals surface area contributed by atoms with Crippen molar-refractivity contribution in [1.82, 2.24) is 9.88 Å². The zero-order chi connectivity index (χ0) is 19.4. The molecule has 27 heavy (non-hydrogen) atoms. The van der Waals surface area contributed by atoms with Crippen LogP contribution < -0.4 is 10.5 Å². The topological polar surface area (TPSA) is 85.5 Å². The smallest absolute Gasteiger partial charge is 0.268 e. The summed E-state index contributed by atoms with van der Waals surface area (Å²) in [6.45, 7) is 0.968. The van der Waals surface area contributed by atoms with E-state index < -0.39 is 5.91 Å². The van der Waals surface area contributed by atoms with E-state index in [0.29, 0.717) is 41.1 Å². The Balaban J connectivity index is 1.51. The normalized spacial score (nSPS) is 16.7. The lowest BCUT2D eigenvalue weighted by Gasteiger charge is -2.24. The summed E-state index contributed by atoms with van der Waals surface area (Å²) in [5, 5.41) is 2.65. The van der Waals surface area contributed by atoms with Gasteiger partial charge in [0, 0.05) is 34.1 Å². The molecule has 2 heterocycles. The van der Waals surface area contributed by atoms with E-state index in [9.17, 15) is 9.59 Å². The molecular formula is C17H17Cl2N3O3S2. The molecule has 1 atom stereocenters. The molecule has 1 saturated heterocycles. The van der Waals surface area contributed by atoms with Crippen LogP contribution in [0.3, 0.4) is 0 Å². The summed E-state index contributed by atoms with van der Waals surface area (Å²) < 4.78 is 6.55. The zero-order valence-corrected chi connectivity index (χ0v) is 17.3. The van der Waals surface area contributed by atoms with Gasteiger partial charge in [0.2, 0.25) is 5.91 Å². The van der Waals surface area contributed by atoms with E-state index in [2.05, 4.69) is 4.98 Å². The van der Waals surface area contributed by atoms with Crippen LogP contribution in [0, 0.1) is 0 Å². The monoisotopic (exact) mass is 445 g/mol. The van der Waals surface area contributed by atoms with Crippen molar-refractivity contribution in [2.45, 2.75) is 23.2 Å². The third-order valence-electron chi connectivity index (χ3n) is 4.02. The third-order valence-corrected chi connectivity index (χ3v) is 6.46. The van der Waals surface area contributed by atoms with Crippen LogP contribution in [0.4, 0.5) is 0 Å². The Labute approximate surface area is 175 Å². The van der Waals surface area contributed by atoms with Crippen molar-refractivity contribution in [3.63, 3.8) is 0 Å². The van der Waals surface area contributed by atoms with Gasteiger partial charge in [-0.25, -0.2) is 4.98 Å². The third kappa shape index (κ3) is 5.51. The van der Waals surface area contributed by atoms with E-state index in [-0.39, 0.29) is 17.6 Å². The van der Waals surface area contributed by atoms with Crippen LogP contribution >= 0.6 is 46.3 Å². The second-order valence-electron chi connectivity index (χ2n) is 5.91. The second kappa shape index (κ2) is 9.14. The summed E-state index contributed by atoms with van der Waals surface area (Å²) in [7, 11) is 0. The molecule has 1 aliphatic rings. The number of hydrogen-bond acceptors (Lipinski definition) is 6. The fourth-order valence-electron chi connectivity index (χ4n) is 2.75. The summed E-state index contributed by atoms with van der Waals surface area (Å²) in [5.41, 5.74) is 5.47. The molecule has 6 nitrogen and oxygen atoms in total. The van der Waals surface area contributed by atoms with Crippen molar-refractivity contribution in [1.29, 1.82) is 0 Å². The van der Waals surface area contributed by atoms with Crippen LogP contribution in [0.1, 0.15) is 23.3 Å². The summed E-state index contributed by atoms with van der Waals surface area (Å²) in [6, 6.07) is 5.04. The highest BCUT2D eigenvalue weighted by molar-refractivity contribution is 8.01. The Morgan fingerprint density at radius 2 is 2.11 bits per heavy atom. The number of amides is 2. The Kier molecular flexibility index (Phi) is 6.86. The number of aromatic nitrogens is 1. The van der Waals surface area contributed by atoms with Crippen molar-refractivity contribution >= 4 is 58.1 Å². The maximum absolute atomic E-state index is 12.2. The maximum atomic E-state index is 12.2. The van der Waals surface area contributed by atoms with Crippen LogP contribution in [0.5, 0.6) is 5.75 Å². The first kappa shape index (κ1) is 20.3. The molecular weight excluding hydrogens is 429 g/mol. The fraction of sp³-hybridized carbons (Fsp3) is 0.353. The highest BCUT2D eigenvalue weighted by Gasteiger charge is 2.31. The number of nitrogens with two attached hydrogens (primary N) is 1. The SMILES string of the molecule is NC(=O)c1csc(SCCN2C(=O)CCC2COc2cc(Cl)cc(Cl)c2)n1. The molecule has 2 amide bonds. The minimum absolute atomic E-state index is 0.00772. The van der Waals surface area contributed by atoms with Gasteiger partial charge in [0.15, 0.2) is 4.34 Å². The minimum atomic E-state index is -0.536.